The van der Waals surface area contributed by atoms with Crippen LogP contribution in [0.5, 0.6) is 0 Å². The normalized spacial score (nSPS) is 12.1. The fourth-order valence-electron chi connectivity index (χ4n) is 3.30. The van der Waals surface area contributed by atoms with Gasteiger partial charge in [-0.15, -0.1) is 0 Å². The first-order chi connectivity index (χ1) is 12.9. The van der Waals surface area contributed by atoms with Gasteiger partial charge >= 0.3 is 0 Å². The first kappa shape index (κ1) is 19.4. The summed E-state index contributed by atoms with van der Waals surface area (Å²) in [5.74, 6) is 2.60. The molecule has 0 saturated heterocycles. The van der Waals surface area contributed by atoms with Gasteiger partial charge in [0.15, 0.2) is 0 Å². The van der Waals surface area contributed by atoms with E-state index in [4.69, 9.17) is 15.7 Å². The molecule has 0 spiro atoms. The van der Waals surface area contributed by atoms with E-state index < -0.39 is 0 Å². The molecule has 0 aliphatic heterocycles. The Morgan fingerprint density at radius 3 is 2.41 bits per heavy atom. The average Bonchev–Trinajstić information content (AvgIpc) is 2.66. The number of benzene rings is 1. The number of hydrogen-bond donors (Lipinski definition) is 1. The summed E-state index contributed by atoms with van der Waals surface area (Å²) in [5.41, 5.74) is 9.18. The quantitative estimate of drug-likeness (QED) is 0.648. The van der Waals surface area contributed by atoms with Gasteiger partial charge in [0.25, 0.3) is 0 Å². The summed E-state index contributed by atoms with van der Waals surface area (Å²) in [6.45, 7) is 5.91. The molecule has 0 amide bonds. The van der Waals surface area contributed by atoms with Crippen molar-refractivity contribution in [2.75, 3.05) is 27.2 Å². The molecule has 0 bridgehead atoms. The summed E-state index contributed by atoms with van der Waals surface area (Å²) >= 11 is 0. The highest BCUT2D eigenvalue weighted by atomic mass is 15.4. The number of quaternary nitrogens is 1. The second-order valence-electron chi connectivity index (χ2n) is 8.06. The van der Waals surface area contributed by atoms with E-state index in [1.54, 1.807) is 0 Å². The maximum absolute atomic E-state index is 5.89. The number of aryl methyl sites for hydroxylation is 1. The third-order valence-corrected chi connectivity index (χ3v) is 4.94. The lowest BCUT2D eigenvalue weighted by atomic mass is 10.0. The molecule has 2 N–H and O–H groups in total. The molecule has 2 heterocycles. The van der Waals surface area contributed by atoms with Crippen LogP contribution in [-0.2, 0) is 6.42 Å². The Morgan fingerprint density at radius 1 is 1.00 bits per heavy atom. The minimum atomic E-state index is 0.615. The zero-order valence-electron chi connectivity index (χ0n) is 16.8. The van der Waals surface area contributed by atoms with Gasteiger partial charge in [0.05, 0.1) is 31.5 Å². The number of nitrogens with zero attached hydrogens (tertiary/aromatic N) is 4. The van der Waals surface area contributed by atoms with Crippen LogP contribution in [0.2, 0.25) is 0 Å². The highest BCUT2D eigenvalue weighted by Gasteiger charge is 2.25. The molecule has 0 atom stereocenters. The van der Waals surface area contributed by atoms with Gasteiger partial charge in [0.2, 0.25) is 5.82 Å². The van der Waals surface area contributed by atoms with E-state index in [-0.39, 0.29) is 0 Å². The van der Waals surface area contributed by atoms with E-state index in [1.165, 1.54) is 0 Å². The Kier molecular flexibility index (Phi) is 5.82. The lowest BCUT2D eigenvalue weighted by molar-refractivity contribution is 0.399. The molecular formula is C22H30N5+. The van der Waals surface area contributed by atoms with E-state index in [9.17, 15) is 0 Å². The van der Waals surface area contributed by atoms with Crippen molar-refractivity contribution in [3.05, 3.63) is 48.5 Å². The number of hydrogen-bond acceptors (Lipinski definition) is 4. The number of likely N-dealkylation sites (N-methyl/N-ethyl adjacent to an activating group) is 1. The fourth-order valence-corrected chi connectivity index (χ4v) is 3.30. The summed E-state index contributed by atoms with van der Waals surface area (Å²) in [6.07, 6.45) is 5.63. The molecule has 27 heavy (non-hydrogen) atoms. The Labute approximate surface area is 161 Å². The molecule has 0 aliphatic carbocycles. The second kappa shape index (κ2) is 8.11. The number of rotatable bonds is 7. The maximum Gasteiger partial charge on any atom is 0.238 e. The second-order valence-corrected chi connectivity index (χ2v) is 8.06. The van der Waals surface area contributed by atoms with Crippen molar-refractivity contribution in [3.63, 3.8) is 0 Å². The molecule has 0 radical (unpaired) electrons. The first-order valence-electron chi connectivity index (χ1n) is 9.65. The van der Waals surface area contributed by atoms with Crippen molar-refractivity contribution in [1.29, 1.82) is 0 Å². The molecule has 3 rings (SSSR count). The predicted molar refractivity (Wildman–Crippen MR) is 113 cm³/mol. The molecule has 0 aliphatic rings. The number of fused-ring (bicyclic) bond motifs is 1. The lowest BCUT2D eigenvalue weighted by Crippen LogP contribution is -2.45. The highest BCUT2D eigenvalue weighted by molar-refractivity contribution is 5.92. The Hall–Kier alpha value is -2.37. The van der Waals surface area contributed by atoms with Crippen molar-refractivity contribution in [1.82, 2.24) is 19.4 Å². The van der Waals surface area contributed by atoms with Gasteiger partial charge in [-0.2, -0.15) is 4.98 Å². The Balaban J connectivity index is 2.15. The predicted octanol–water partition coefficient (Wildman–Crippen LogP) is 3.81. The topological polar surface area (TPSA) is 64.7 Å². The van der Waals surface area contributed by atoms with Crippen LogP contribution in [0, 0.1) is 5.92 Å². The van der Waals surface area contributed by atoms with Gasteiger partial charge in [-0.3, -0.25) is 9.47 Å². The highest BCUT2D eigenvalue weighted by Crippen LogP contribution is 2.31. The van der Waals surface area contributed by atoms with Crippen LogP contribution >= 0.6 is 0 Å². The number of nitrogens with two attached hydrogens (primary N) is 1. The lowest BCUT2D eigenvalue weighted by Gasteiger charge is -2.28. The first-order valence-corrected chi connectivity index (χ1v) is 9.65. The number of pyridine rings is 1. The van der Waals surface area contributed by atoms with Crippen LogP contribution in [-0.4, -0.2) is 42.1 Å². The summed E-state index contributed by atoms with van der Waals surface area (Å²) < 4.78 is 0.643. The van der Waals surface area contributed by atoms with Gasteiger partial charge in [0, 0.05) is 25.4 Å². The van der Waals surface area contributed by atoms with Crippen LogP contribution in [0.1, 0.15) is 26.1 Å². The minimum Gasteiger partial charge on any atom is -0.326 e. The van der Waals surface area contributed by atoms with E-state index in [0.717, 1.165) is 53.1 Å². The third-order valence-electron chi connectivity index (χ3n) is 4.94. The van der Waals surface area contributed by atoms with Crippen molar-refractivity contribution in [3.8, 4) is 11.1 Å². The fraction of sp³-hybridized carbons (Fsp3) is 0.409. The van der Waals surface area contributed by atoms with Crippen LogP contribution in [0.4, 0.5) is 5.82 Å². The van der Waals surface area contributed by atoms with Crippen LogP contribution < -0.4 is 10.2 Å². The molecule has 0 saturated carbocycles. The molecular weight excluding hydrogens is 334 g/mol. The van der Waals surface area contributed by atoms with Gasteiger partial charge in [0.1, 0.15) is 5.82 Å². The smallest absolute Gasteiger partial charge is 0.238 e. The van der Waals surface area contributed by atoms with E-state index in [1.807, 2.05) is 24.5 Å². The SMILES string of the molecule is CC(C)CCc1nc([N+](C)(C)CCN)c2cc(-c3ccncc3)ccc2n1. The molecule has 1 aromatic carbocycles. The van der Waals surface area contributed by atoms with Crippen LogP contribution in [0.15, 0.2) is 42.7 Å². The van der Waals surface area contributed by atoms with Gasteiger partial charge in [-0.1, -0.05) is 19.9 Å². The average molecular weight is 365 g/mol. The van der Waals surface area contributed by atoms with Crippen molar-refractivity contribution in [2.45, 2.75) is 26.7 Å². The monoisotopic (exact) mass is 364 g/mol. The minimum absolute atomic E-state index is 0.615. The van der Waals surface area contributed by atoms with E-state index >= 15 is 0 Å². The van der Waals surface area contributed by atoms with Gasteiger partial charge in [-0.25, -0.2) is 4.98 Å². The van der Waals surface area contributed by atoms with Crippen LogP contribution in [0.3, 0.4) is 0 Å². The molecule has 0 fully saturated rings. The molecule has 5 heteroatoms. The Bertz CT molecular complexity index is 903. The summed E-state index contributed by atoms with van der Waals surface area (Å²) in [5, 5.41) is 1.09. The van der Waals surface area contributed by atoms with Gasteiger partial charge in [-0.05, 0) is 47.7 Å². The van der Waals surface area contributed by atoms with Gasteiger partial charge < -0.3 is 5.73 Å². The number of aromatic nitrogens is 3. The van der Waals surface area contributed by atoms with Crippen LogP contribution in [0.25, 0.3) is 22.0 Å². The van der Waals surface area contributed by atoms with E-state index in [0.29, 0.717) is 16.9 Å². The molecule has 3 aromatic rings. The Morgan fingerprint density at radius 2 is 1.74 bits per heavy atom. The molecule has 5 nitrogen and oxygen atoms in total. The van der Waals surface area contributed by atoms with Crippen molar-refractivity contribution in [2.24, 2.45) is 11.7 Å². The summed E-state index contributed by atoms with van der Waals surface area (Å²) in [6, 6.07) is 10.5. The summed E-state index contributed by atoms with van der Waals surface area (Å²) in [4.78, 5) is 14.0. The molecule has 2 aromatic heterocycles. The zero-order valence-corrected chi connectivity index (χ0v) is 16.8. The van der Waals surface area contributed by atoms with E-state index in [2.05, 4.69) is 51.1 Å². The largest absolute Gasteiger partial charge is 0.326 e. The zero-order chi connectivity index (χ0) is 19.4. The standard InChI is InChI=1S/C22H30N5/c1-16(2)5-8-21-25-20-7-6-18(17-9-12-24-13-10-17)15-19(20)22(26-21)27(3,4)14-11-23/h6-7,9-10,12-13,15-16H,5,8,11,14,23H2,1-4H3/q+1. The van der Waals surface area contributed by atoms with Crippen molar-refractivity contribution >= 4 is 16.7 Å². The molecule has 142 valence electrons. The van der Waals surface area contributed by atoms with Crippen molar-refractivity contribution < 1.29 is 0 Å². The molecule has 0 unspecified atom stereocenters. The maximum atomic E-state index is 5.89. The third kappa shape index (κ3) is 4.49. The summed E-state index contributed by atoms with van der Waals surface area (Å²) in [7, 11) is 4.33.